The van der Waals surface area contributed by atoms with Crippen LogP contribution in [-0.2, 0) is 30.1 Å². The van der Waals surface area contributed by atoms with Gasteiger partial charge in [0.2, 0.25) is 5.96 Å². The van der Waals surface area contributed by atoms with Crippen molar-refractivity contribution in [1.29, 1.82) is 0 Å². The van der Waals surface area contributed by atoms with Gasteiger partial charge in [-0.25, -0.2) is 14.5 Å². The van der Waals surface area contributed by atoms with Crippen molar-refractivity contribution in [2.45, 2.75) is 19.4 Å². The number of nitrogens with zero attached hydrogens (tertiary/aromatic N) is 4. The Morgan fingerprint density at radius 1 is 1.21 bits per heavy atom. The fraction of sp³-hybridized carbons (Fsp3) is 0.393. The highest BCUT2D eigenvalue weighted by Crippen LogP contribution is 2.34. The number of rotatable bonds is 13. The molecule has 2 N–H and O–H groups in total. The van der Waals surface area contributed by atoms with Gasteiger partial charge in [0.15, 0.2) is 5.60 Å². The number of aliphatic imine (C=N–C) groups is 1. The standard InChI is InChI=1S/C28H36ClN5O7S/c1-5-33(17-19-39-4)42(37,38)32-27(30-3)34-20-28(36,26(31-34)21-9-13-23(29)14-10-21)22-11-15-24(16-12-22)41-18-7-8-25(35)40-6-2/h7-16,36H,5-6,17-20H2,1-4H3,(H,30,32)/b8-7+. The van der Waals surface area contributed by atoms with Gasteiger partial charge < -0.3 is 19.3 Å². The number of guanidine groups is 1. The highest BCUT2D eigenvalue weighted by molar-refractivity contribution is 7.87. The zero-order valence-corrected chi connectivity index (χ0v) is 25.6. The van der Waals surface area contributed by atoms with Gasteiger partial charge in [-0.05, 0) is 42.8 Å². The summed E-state index contributed by atoms with van der Waals surface area (Å²) in [6.07, 6.45) is 2.84. The topological polar surface area (TPSA) is 142 Å². The Bertz CT molecular complexity index is 1400. The van der Waals surface area contributed by atoms with Crippen molar-refractivity contribution >= 4 is 39.5 Å². The van der Waals surface area contributed by atoms with Crippen LogP contribution in [0.4, 0.5) is 0 Å². The van der Waals surface area contributed by atoms with E-state index in [0.29, 0.717) is 21.9 Å². The molecular weight excluding hydrogens is 586 g/mol. The molecule has 3 rings (SSSR count). The quantitative estimate of drug-likeness (QED) is 0.150. The van der Waals surface area contributed by atoms with Crippen molar-refractivity contribution in [1.82, 2.24) is 14.0 Å². The fourth-order valence-electron chi connectivity index (χ4n) is 4.13. The minimum Gasteiger partial charge on any atom is -0.490 e. The van der Waals surface area contributed by atoms with Crippen LogP contribution in [0.1, 0.15) is 25.0 Å². The van der Waals surface area contributed by atoms with Gasteiger partial charge in [-0.2, -0.15) is 17.8 Å². The molecule has 0 radical (unpaired) electrons. The largest absolute Gasteiger partial charge is 0.490 e. The Morgan fingerprint density at radius 2 is 1.90 bits per heavy atom. The first-order chi connectivity index (χ1) is 20.1. The molecule has 0 spiro atoms. The highest BCUT2D eigenvalue weighted by atomic mass is 35.5. The first-order valence-electron chi connectivity index (χ1n) is 13.2. The van der Waals surface area contributed by atoms with Crippen LogP contribution in [0.15, 0.2) is 70.8 Å². The van der Waals surface area contributed by atoms with Crippen LogP contribution < -0.4 is 9.46 Å². The minimum absolute atomic E-state index is 0.0680. The second-order valence-corrected chi connectivity index (χ2v) is 11.1. The molecule has 0 fully saturated rings. The molecule has 0 aromatic heterocycles. The molecule has 14 heteroatoms. The highest BCUT2D eigenvalue weighted by Gasteiger charge is 2.45. The number of hydrogen-bond donors (Lipinski definition) is 2. The Kier molecular flexibility index (Phi) is 11.9. The van der Waals surface area contributed by atoms with Gasteiger partial charge in [0.25, 0.3) is 0 Å². The Hall–Kier alpha value is -3.49. The number of benzene rings is 2. The number of halogens is 1. The third kappa shape index (κ3) is 8.29. The van der Waals surface area contributed by atoms with Crippen LogP contribution in [0.3, 0.4) is 0 Å². The van der Waals surface area contributed by atoms with Crippen LogP contribution in [-0.4, -0.2) is 94.1 Å². The number of likely N-dealkylation sites (N-methyl/N-ethyl adjacent to an activating group) is 1. The smallest absolute Gasteiger partial charge is 0.330 e. The van der Waals surface area contributed by atoms with Gasteiger partial charge >= 0.3 is 16.2 Å². The molecule has 1 aliphatic rings. The maximum Gasteiger partial charge on any atom is 0.330 e. The maximum atomic E-state index is 13.1. The van der Waals surface area contributed by atoms with Crippen LogP contribution in [0.2, 0.25) is 5.02 Å². The van der Waals surface area contributed by atoms with Gasteiger partial charge in [-0.3, -0.25) is 4.99 Å². The summed E-state index contributed by atoms with van der Waals surface area (Å²) in [5, 5.41) is 18.5. The monoisotopic (exact) mass is 621 g/mol. The molecule has 0 aliphatic carbocycles. The average Bonchev–Trinajstić information content (AvgIpc) is 3.33. The van der Waals surface area contributed by atoms with E-state index in [1.807, 2.05) is 0 Å². The number of methoxy groups -OCH3 is 1. The number of esters is 1. The first-order valence-corrected chi connectivity index (χ1v) is 15.0. The summed E-state index contributed by atoms with van der Waals surface area (Å²) in [6.45, 7) is 4.32. The number of hydrogen-bond acceptors (Lipinski definition) is 9. The molecule has 228 valence electrons. The number of hydrazone groups is 1. The number of carbonyl (C=O) groups is 1. The zero-order valence-electron chi connectivity index (χ0n) is 24.0. The number of ether oxygens (including phenoxy) is 3. The summed E-state index contributed by atoms with van der Waals surface area (Å²) in [5.41, 5.74) is -0.306. The molecule has 1 aliphatic heterocycles. The van der Waals surface area contributed by atoms with E-state index in [-0.39, 0.29) is 51.1 Å². The summed E-state index contributed by atoms with van der Waals surface area (Å²) < 4.78 is 45.5. The lowest BCUT2D eigenvalue weighted by Crippen LogP contribution is -2.50. The summed E-state index contributed by atoms with van der Waals surface area (Å²) in [6, 6.07) is 13.5. The van der Waals surface area contributed by atoms with Gasteiger partial charge in [0, 0.05) is 43.9 Å². The molecule has 0 saturated heterocycles. The first kappa shape index (κ1) is 33.0. The number of β-amino-alcohol motifs (C(OH)–C–C–N with tert-alkyl or cyclic N) is 1. The van der Waals surface area contributed by atoms with Crippen LogP contribution in [0.25, 0.3) is 0 Å². The van der Waals surface area contributed by atoms with Gasteiger partial charge in [0.1, 0.15) is 18.1 Å². The second-order valence-electron chi connectivity index (χ2n) is 9.00. The molecule has 12 nitrogen and oxygen atoms in total. The molecule has 0 bridgehead atoms. The molecule has 2 aromatic rings. The maximum absolute atomic E-state index is 13.1. The van der Waals surface area contributed by atoms with E-state index in [2.05, 4.69) is 14.8 Å². The molecule has 2 aromatic carbocycles. The zero-order chi connectivity index (χ0) is 30.8. The van der Waals surface area contributed by atoms with E-state index >= 15 is 0 Å². The molecule has 0 saturated carbocycles. The predicted molar refractivity (Wildman–Crippen MR) is 161 cm³/mol. The minimum atomic E-state index is -4.00. The van der Waals surface area contributed by atoms with E-state index in [1.54, 1.807) is 68.5 Å². The third-order valence-electron chi connectivity index (χ3n) is 6.24. The van der Waals surface area contributed by atoms with Gasteiger partial charge in [-0.1, -0.05) is 42.8 Å². The fourth-order valence-corrected chi connectivity index (χ4v) is 5.46. The SMILES string of the molecule is CCOC(=O)/C=C/COc1ccc(C2(O)CN(C(=NC)NS(=O)(=O)N(CC)CCOC)N=C2c2ccc(Cl)cc2)cc1. The number of nitrogens with one attached hydrogen (secondary N) is 1. The third-order valence-corrected chi connectivity index (χ3v) is 8.05. The van der Waals surface area contributed by atoms with Crippen molar-refractivity contribution in [3.05, 3.63) is 76.8 Å². The molecule has 1 unspecified atom stereocenters. The molecule has 1 heterocycles. The van der Waals surface area contributed by atoms with Crippen molar-refractivity contribution in [2.24, 2.45) is 10.1 Å². The van der Waals surface area contributed by atoms with E-state index in [0.717, 1.165) is 0 Å². The average molecular weight is 622 g/mol. The molecule has 1 atom stereocenters. The van der Waals surface area contributed by atoms with Crippen LogP contribution in [0, 0.1) is 0 Å². The Balaban J connectivity index is 1.88. The van der Waals surface area contributed by atoms with E-state index in [1.165, 1.54) is 29.5 Å². The van der Waals surface area contributed by atoms with Gasteiger partial charge in [0.05, 0.1) is 19.8 Å². The van der Waals surface area contributed by atoms with Gasteiger partial charge in [-0.15, -0.1) is 0 Å². The summed E-state index contributed by atoms with van der Waals surface area (Å²) in [5.74, 6) is -0.00953. The molecular formula is C28H36ClN5O7S. The van der Waals surface area contributed by atoms with Crippen molar-refractivity contribution in [3.8, 4) is 5.75 Å². The predicted octanol–water partition coefficient (Wildman–Crippen LogP) is 2.53. The van der Waals surface area contributed by atoms with Crippen molar-refractivity contribution in [2.75, 3.05) is 53.6 Å². The van der Waals surface area contributed by atoms with E-state index in [4.69, 9.17) is 25.8 Å². The second kappa shape index (κ2) is 15.1. The van der Waals surface area contributed by atoms with Crippen molar-refractivity contribution < 1.29 is 32.5 Å². The lowest BCUT2D eigenvalue weighted by atomic mass is 9.86. The normalized spacial score (nSPS) is 17.5. The van der Waals surface area contributed by atoms with Crippen molar-refractivity contribution in [3.63, 3.8) is 0 Å². The number of carbonyl (C=O) groups excluding carboxylic acids is 1. The summed E-state index contributed by atoms with van der Waals surface area (Å²) >= 11 is 6.10. The molecule has 0 amide bonds. The summed E-state index contributed by atoms with van der Waals surface area (Å²) in [7, 11) is -1.07. The Labute approximate surface area is 251 Å². The Morgan fingerprint density at radius 3 is 2.50 bits per heavy atom. The lowest BCUT2D eigenvalue weighted by Gasteiger charge is -2.27. The summed E-state index contributed by atoms with van der Waals surface area (Å²) in [4.78, 5) is 15.6. The lowest BCUT2D eigenvalue weighted by molar-refractivity contribution is -0.137. The van der Waals surface area contributed by atoms with Crippen LogP contribution in [0.5, 0.6) is 5.75 Å². The molecule has 42 heavy (non-hydrogen) atoms. The van der Waals surface area contributed by atoms with E-state index < -0.39 is 21.8 Å². The number of aliphatic hydroxyl groups is 1. The van der Waals surface area contributed by atoms with E-state index in [9.17, 15) is 18.3 Å². The van der Waals surface area contributed by atoms with Crippen LogP contribution >= 0.6 is 11.6 Å².